The van der Waals surface area contributed by atoms with E-state index in [0.717, 1.165) is 31.1 Å². The lowest BCUT2D eigenvalue weighted by Gasteiger charge is -2.39. The van der Waals surface area contributed by atoms with Crippen LogP contribution in [0.1, 0.15) is 5.56 Å². The van der Waals surface area contributed by atoms with Gasteiger partial charge in [0.1, 0.15) is 5.78 Å². The molecule has 2 fully saturated rings. The van der Waals surface area contributed by atoms with Gasteiger partial charge in [-0.2, -0.15) is 11.8 Å². The summed E-state index contributed by atoms with van der Waals surface area (Å²) in [5.74, 6) is 3.15. The fourth-order valence-electron chi connectivity index (χ4n) is 2.80. The Labute approximate surface area is 106 Å². The van der Waals surface area contributed by atoms with Crippen LogP contribution in [0, 0.1) is 11.8 Å². The van der Waals surface area contributed by atoms with Crippen LogP contribution in [0.4, 0.5) is 0 Å². The van der Waals surface area contributed by atoms with Crippen molar-refractivity contribution in [2.24, 2.45) is 11.8 Å². The summed E-state index contributed by atoms with van der Waals surface area (Å²) in [6.07, 6.45) is 0. The van der Waals surface area contributed by atoms with Gasteiger partial charge in [0.15, 0.2) is 0 Å². The molecule has 0 spiro atoms. The van der Waals surface area contributed by atoms with E-state index in [0.29, 0.717) is 5.78 Å². The molecule has 2 aliphatic rings. The molecule has 90 valence electrons. The van der Waals surface area contributed by atoms with Gasteiger partial charge < -0.3 is 0 Å². The maximum atomic E-state index is 12.0. The molecule has 3 rings (SSSR count). The summed E-state index contributed by atoms with van der Waals surface area (Å²) < 4.78 is 0. The second kappa shape index (κ2) is 4.83. The summed E-state index contributed by atoms with van der Waals surface area (Å²) in [6, 6.07) is 10.6. The Balaban J connectivity index is 1.68. The monoisotopic (exact) mass is 247 g/mol. The van der Waals surface area contributed by atoms with E-state index in [4.69, 9.17) is 0 Å². The van der Waals surface area contributed by atoms with Gasteiger partial charge >= 0.3 is 0 Å². The smallest absolute Gasteiger partial charge is 0.143 e. The molecule has 2 aliphatic heterocycles. The Morgan fingerprint density at radius 1 is 1.12 bits per heavy atom. The zero-order valence-corrected chi connectivity index (χ0v) is 10.7. The molecule has 2 saturated heterocycles. The van der Waals surface area contributed by atoms with Crippen LogP contribution in [0.2, 0.25) is 0 Å². The Morgan fingerprint density at radius 3 is 2.41 bits per heavy atom. The number of carbonyl (C=O) groups is 1. The van der Waals surface area contributed by atoms with E-state index in [1.807, 2.05) is 11.8 Å². The highest BCUT2D eigenvalue weighted by molar-refractivity contribution is 7.99. The van der Waals surface area contributed by atoms with E-state index in [9.17, 15) is 4.79 Å². The second-order valence-corrected chi connectivity index (χ2v) is 6.09. The number of rotatable bonds is 2. The van der Waals surface area contributed by atoms with Crippen molar-refractivity contribution in [1.82, 2.24) is 4.90 Å². The third-order valence-corrected chi connectivity index (χ3v) is 4.93. The van der Waals surface area contributed by atoms with Crippen molar-refractivity contribution < 1.29 is 4.79 Å². The minimum Gasteiger partial charge on any atom is -0.299 e. The van der Waals surface area contributed by atoms with Crippen molar-refractivity contribution in [3.63, 3.8) is 0 Å². The van der Waals surface area contributed by atoms with Gasteiger partial charge in [0.25, 0.3) is 0 Å². The average Bonchev–Trinajstić information content (AvgIpc) is 2.32. The minimum absolute atomic E-state index is 0.288. The number of nitrogens with zero attached hydrogens (tertiary/aromatic N) is 1. The maximum Gasteiger partial charge on any atom is 0.143 e. The molecule has 0 N–H and O–H groups in total. The highest BCUT2D eigenvalue weighted by atomic mass is 32.2. The number of hydrogen-bond donors (Lipinski definition) is 0. The number of likely N-dealkylation sites (tertiary alicyclic amines) is 1. The molecular weight excluding hydrogens is 230 g/mol. The van der Waals surface area contributed by atoms with Crippen molar-refractivity contribution in [1.29, 1.82) is 0 Å². The molecule has 0 aliphatic carbocycles. The predicted octanol–water partition coefficient (Wildman–Crippen LogP) is 2.05. The van der Waals surface area contributed by atoms with Gasteiger partial charge in [0, 0.05) is 43.0 Å². The first-order chi connectivity index (χ1) is 8.33. The fourth-order valence-corrected chi connectivity index (χ4v) is 4.05. The second-order valence-electron chi connectivity index (χ2n) is 5.01. The number of benzene rings is 1. The molecule has 0 amide bonds. The van der Waals surface area contributed by atoms with E-state index >= 15 is 0 Å². The van der Waals surface area contributed by atoms with Gasteiger partial charge in [-0.1, -0.05) is 30.3 Å². The normalized spacial score (nSPS) is 29.3. The van der Waals surface area contributed by atoms with Gasteiger partial charge in [-0.05, 0) is 5.56 Å². The van der Waals surface area contributed by atoms with Crippen LogP contribution in [0.3, 0.4) is 0 Å². The van der Waals surface area contributed by atoms with Crippen molar-refractivity contribution in [3.8, 4) is 0 Å². The van der Waals surface area contributed by atoms with E-state index in [1.54, 1.807) is 0 Å². The summed E-state index contributed by atoms with van der Waals surface area (Å²) in [4.78, 5) is 14.4. The lowest BCUT2D eigenvalue weighted by Crippen LogP contribution is -2.50. The maximum absolute atomic E-state index is 12.0. The SMILES string of the molecule is O=C1[C@H]2CSC[C@H]1CN(Cc1ccccc1)C2. The Morgan fingerprint density at radius 2 is 1.76 bits per heavy atom. The van der Waals surface area contributed by atoms with Crippen LogP contribution in [-0.4, -0.2) is 35.3 Å². The molecule has 1 aromatic rings. The number of fused-ring (bicyclic) bond motifs is 2. The highest BCUT2D eigenvalue weighted by Crippen LogP contribution is 2.30. The topological polar surface area (TPSA) is 20.3 Å². The standard InChI is InChI=1S/C14H17NOS/c16-14-12-7-15(8-13(14)10-17-9-12)6-11-4-2-1-3-5-11/h1-5,12-13H,6-10H2/t12-,13-/m1/s1. The molecule has 2 nitrogen and oxygen atoms in total. The first-order valence-electron chi connectivity index (χ1n) is 6.20. The van der Waals surface area contributed by atoms with Crippen LogP contribution >= 0.6 is 11.8 Å². The van der Waals surface area contributed by atoms with Crippen LogP contribution in [0.15, 0.2) is 30.3 Å². The number of thioether (sulfide) groups is 1. The Kier molecular flexibility index (Phi) is 3.21. The van der Waals surface area contributed by atoms with Crippen LogP contribution in [0.25, 0.3) is 0 Å². The lowest BCUT2D eigenvalue weighted by molar-refractivity contribution is -0.130. The molecule has 1 aromatic carbocycles. The van der Waals surface area contributed by atoms with Crippen molar-refractivity contribution in [2.75, 3.05) is 24.6 Å². The first-order valence-corrected chi connectivity index (χ1v) is 7.36. The van der Waals surface area contributed by atoms with Gasteiger partial charge in [0.05, 0.1) is 0 Å². The quantitative estimate of drug-likeness (QED) is 0.798. The Hall–Kier alpha value is -0.800. The number of Topliss-reactive ketones (excluding diaryl/α,β-unsaturated/α-hetero) is 1. The molecule has 0 aromatic heterocycles. The molecule has 3 heteroatoms. The van der Waals surface area contributed by atoms with Gasteiger partial charge in [-0.3, -0.25) is 9.69 Å². The summed E-state index contributed by atoms with van der Waals surface area (Å²) in [7, 11) is 0. The van der Waals surface area contributed by atoms with Gasteiger partial charge in [-0.25, -0.2) is 0 Å². The van der Waals surface area contributed by atoms with Crippen molar-refractivity contribution >= 4 is 17.5 Å². The molecule has 17 heavy (non-hydrogen) atoms. The third-order valence-electron chi connectivity index (χ3n) is 3.65. The number of hydrogen-bond acceptors (Lipinski definition) is 3. The highest BCUT2D eigenvalue weighted by Gasteiger charge is 2.38. The summed E-state index contributed by atoms with van der Waals surface area (Å²) in [5.41, 5.74) is 1.35. The van der Waals surface area contributed by atoms with Crippen molar-refractivity contribution in [2.45, 2.75) is 6.54 Å². The van der Waals surface area contributed by atoms with E-state index < -0.39 is 0 Å². The molecule has 2 heterocycles. The number of piperidine rings is 1. The molecule has 0 saturated carbocycles. The zero-order valence-electron chi connectivity index (χ0n) is 9.84. The molecule has 2 atom stereocenters. The van der Waals surface area contributed by atoms with E-state index in [1.165, 1.54) is 5.56 Å². The zero-order chi connectivity index (χ0) is 11.7. The molecule has 0 radical (unpaired) electrons. The summed E-state index contributed by atoms with van der Waals surface area (Å²) in [6.45, 7) is 2.90. The fraction of sp³-hybridized carbons (Fsp3) is 0.500. The van der Waals surface area contributed by atoms with Crippen molar-refractivity contribution in [3.05, 3.63) is 35.9 Å². The van der Waals surface area contributed by atoms with Crippen LogP contribution in [-0.2, 0) is 11.3 Å². The minimum atomic E-state index is 0.288. The number of carbonyl (C=O) groups excluding carboxylic acids is 1. The molecule has 2 bridgehead atoms. The molecule has 0 unspecified atom stereocenters. The largest absolute Gasteiger partial charge is 0.299 e. The Bertz CT molecular complexity index is 390. The lowest BCUT2D eigenvalue weighted by atomic mass is 9.89. The van der Waals surface area contributed by atoms with Gasteiger partial charge in [0.2, 0.25) is 0 Å². The number of ketones is 1. The average molecular weight is 247 g/mol. The predicted molar refractivity (Wildman–Crippen MR) is 71.0 cm³/mol. The molecular formula is C14H17NOS. The summed E-state index contributed by atoms with van der Waals surface area (Å²) >= 11 is 1.95. The third kappa shape index (κ3) is 2.40. The summed E-state index contributed by atoms with van der Waals surface area (Å²) in [5, 5.41) is 0. The van der Waals surface area contributed by atoms with E-state index in [2.05, 4.69) is 35.2 Å². The van der Waals surface area contributed by atoms with Crippen LogP contribution < -0.4 is 0 Å². The van der Waals surface area contributed by atoms with Gasteiger partial charge in [-0.15, -0.1) is 0 Å². The van der Waals surface area contributed by atoms with Crippen LogP contribution in [0.5, 0.6) is 0 Å². The first kappa shape index (κ1) is 11.3. The van der Waals surface area contributed by atoms with E-state index in [-0.39, 0.29) is 11.8 Å².